The van der Waals surface area contributed by atoms with Crippen molar-refractivity contribution in [3.8, 4) is 11.8 Å². The van der Waals surface area contributed by atoms with Crippen LogP contribution in [-0.2, 0) is 11.3 Å². The third-order valence-corrected chi connectivity index (χ3v) is 5.26. The molecule has 0 saturated carbocycles. The number of carbonyl (C=O) groups is 1. The van der Waals surface area contributed by atoms with E-state index >= 15 is 0 Å². The Morgan fingerprint density at radius 2 is 2.12 bits per heavy atom. The van der Waals surface area contributed by atoms with Gasteiger partial charge in [0.2, 0.25) is 5.43 Å². The van der Waals surface area contributed by atoms with Gasteiger partial charge in [0.05, 0.1) is 18.5 Å². The minimum Gasteiger partial charge on any atom is -0.462 e. The third kappa shape index (κ3) is 4.34. The van der Waals surface area contributed by atoms with Crippen molar-refractivity contribution < 1.29 is 13.9 Å². The molecule has 1 unspecified atom stereocenters. The van der Waals surface area contributed by atoms with E-state index in [1.165, 1.54) is 6.20 Å². The number of nitrogens with zero attached hydrogens (tertiary/aromatic N) is 3. The normalized spacial score (nSPS) is 15.5. The average Bonchev–Trinajstić information content (AvgIpc) is 3.22. The molecule has 1 aromatic carbocycles. The number of hydrogen-bond donors (Lipinski definition) is 1. The van der Waals surface area contributed by atoms with Gasteiger partial charge in [-0.05, 0) is 31.5 Å². The maximum atomic E-state index is 14.9. The third-order valence-electron chi connectivity index (χ3n) is 5.26. The summed E-state index contributed by atoms with van der Waals surface area (Å²) < 4.78 is 21.5. The first-order valence-corrected chi connectivity index (χ1v) is 10.4. The monoisotopic (exact) mass is 434 g/mol. The van der Waals surface area contributed by atoms with Crippen LogP contribution < -0.4 is 16.1 Å². The SMILES string of the molecule is CCOC(=O)c1cn(CC#Cc2ccccc2)c2nc(N3CCC(N)C3)c(F)cc2c1=O. The van der Waals surface area contributed by atoms with Crippen LogP contribution in [0, 0.1) is 17.7 Å². The summed E-state index contributed by atoms with van der Waals surface area (Å²) in [6.07, 6.45) is 2.11. The lowest BCUT2D eigenvalue weighted by Crippen LogP contribution is -2.28. The zero-order valence-corrected chi connectivity index (χ0v) is 17.7. The van der Waals surface area contributed by atoms with Crippen molar-refractivity contribution in [1.29, 1.82) is 0 Å². The Morgan fingerprint density at radius 3 is 2.81 bits per heavy atom. The number of ether oxygens (including phenoxy) is 1. The van der Waals surface area contributed by atoms with E-state index < -0.39 is 17.2 Å². The van der Waals surface area contributed by atoms with Crippen LogP contribution in [0.2, 0.25) is 0 Å². The van der Waals surface area contributed by atoms with Gasteiger partial charge in [0, 0.05) is 30.9 Å². The lowest BCUT2D eigenvalue weighted by atomic mass is 10.2. The Kier molecular flexibility index (Phi) is 6.19. The number of esters is 1. The van der Waals surface area contributed by atoms with Gasteiger partial charge in [-0.25, -0.2) is 14.2 Å². The number of rotatable bonds is 4. The largest absolute Gasteiger partial charge is 0.462 e. The highest BCUT2D eigenvalue weighted by Gasteiger charge is 2.25. The van der Waals surface area contributed by atoms with Gasteiger partial charge >= 0.3 is 5.97 Å². The molecule has 32 heavy (non-hydrogen) atoms. The van der Waals surface area contributed by atoms with E-state index in [4.69, 9.17) is 10.5 Å². The van der Waals surface area contributed by atoms with Gasteiger partial charge in [-0.15, -0.1) is 0 Å². The van der Waals surface area contributed by atoms with E-state index in [0.717, 1.165) is 18.1 Å². The standard InChI is InChI=1S/C24H23FN4O3/c1-2-32-24(31)19-15-28(11-6-9-16-7-4-3-5-8-16)22-18(21(19)30)13-20(25)23(27-22)29-12-10-17(26)14-29/h3-5,7-8,13,15,17H,2,10-12,14,26H2,1H3. The summed E-state index contributed by atoms with van der Waals surface area (Å²) in [6, 6.07) is 10.5. The molecule has 2 N–H and O–H groups in total. The Morgan fingerprint density at radius 1 is 1.34 bits per heavy atom. The summed E-state index contributed by atoms with van der Waals surface area (Å²) >= 11 is 0. The Labute approximate surface area is 184 Å². The van der Waals surface area contributed by atoms with Gasteiger partial charge in [-0.1, -0.05) is 30.0 Å². The first-order chi connectivity index (χ1) is 15.5. The lowest BCUT2D eigenvalue weighted by molar-refractivity contribution is 0.0524. The summed E-state index contributed by atoms with van der Waals surface area (Å²) in [4.78, 5) is 31.5. The lowest BCUT2D eigenvalue weighted by Gasteiger charge is -2.19. The van der Waals surface area contributed by atoms with E-state index in [2.05, 4.69) is 16.8 Å². The molecule has 3 aromatic rings. The molecule has 2 aromatic heterocycles. The van der Waals surface area contributed by atoms with Crippen molar-refractivity contribution >= 4 is 22.8 Å². The molecule has 1 fully saturated rings. The topological polar surface area (TPSA) is 90.5 Å². The van der Waals surface area contributed by atoms with Crippen LogP contribution in [0.25, 0.3) is 11.0 Å². The van der Waals surface area contributed by atoms with Crippen LogP contribution >= 0.6 is 0 Å². The quantitative estimate of drug-likeness (QED) is 0.501. The van der Waals surface area contributed by atoms with E-state index in [1.807, 2.05) is 30.3 Å². The molecular formula is C24H23FN4O3. The van der Waals surface area contributed by atoms with Crippen molar-refractivity contribution in [3.05, 3.63) is 69.8 Å². The fourth-order valence-corrected chi connectivity index (χ4v) is 3.70. The minimum absolute atomic E-state index is 0.00168. The Bertz CT molecular complexity index is 1280. The second-order valence-electron chi connectivity index (χ2n) is 7.55. The molecule has 0 spiro atoms. The van der Waals surface area contributed by atoms with Gasteiger partial charge in [0.1, 0.15) is 11.2 Å². The highest BCUT2D eigenvalue weighted by molar-refractivity contribution is 5.93. The summed E-state index contributed by atoms with van der Waals surface area (Å²) in [6.45, 7) is 2.97. The second kappa shape index (κ2) is 9.20. The van der Waals surface area contributed by atoms with Crippen LogP contribution in [0.15, 0.2) is 47.4 Å². The van der Waals surface area contributed by atoms with Crippen molar-refractivity contribution in [1.82, 2.24) is 9.55 Å². The highest BCUT2D eigenvalue weighted by atomic mass is 19.1. The number of carbonyl (C=O) groups excluding carboxylic acids is 1. The maximum absolute atomic E-state index is 14.9. The molecule has 164 valence electrons. The van der Waals surface area contributed by atoms with Gasteiger partial charge < -0.3 is 19.9 Å². The van der Waals surface area contributed by atoms with Crippen LogP contribution in [0.5, 0.6) is 0 Å². The van der Waals surface area contributed by atoms with Gasteiger partial charge in [0.15, 0.2) is 11.6 Å². The predicted molar refractivity (Wildman–Crippen MR) is 120 cm³/mol. The maximum Gasteiger partial charge on any atom is 0.343 e. The smallest absolute Gasteiger partial charge is 0.343 e. The van der Waals surface area contributed by atoms with E-state index in [0.29, 0.717) is 13.1 Å². The van der Waals surface area contributed by atoms with Crippen LogP contribution in [0.3, 0.4) is 0 Å². The number of anilines is 1. The second-order valence-corrected chi connectivity index (χ2v) is 7.55. The number of halogens is 1. The summed E-state index contributed by atoms with van der Waals surface area (Å²) in [5.74, 6) is 4.81. The molecule has 0 radical (unpaired) electrons. The molecule has 3 heterocycles. The van der Waals surface area contributed by atoms with Crippen LogP contribution in [-0.4, -0.2) is 41.3 Å². The molecule has 1 saturated heterocycles. The van der Waals surface area contributed by atoms with Crippen molar-refractivity contribution in [2.45, 2.75) is 25.9 Å². The van der Waals surface area contributed by atoms with E-state index in [9.17, 15) is 14.0 Å². The van der Waals surface area contributed by atoms with Crippen LogP contribution in [0.1, 0.15) is 29.3 Å². The molecular weight excluding hydrogens is 411 g/mol. The van der Waals surface area contributed by atoms with Gasteiger partial charge in [-0.3, -0.25) is 4.79 Å². The molecule has 7 nitrogen and oxygen atoms in total. The van der Waals surface area contributed by atoms with E-state index in [1.54, 1.807) is 16.4 Å². The van der Waals surface area contributed by atoms with Crippen molar-refractivity contribution in [2.24, 2.45) is 5.73 Å². The fourth-order valence-electron chi connectivity index (χ4n) is 3.70. The highest BCUT2D eigenvalue weighted by Crippen LogP contribution is 2.24. The first-order valence-electron chi connectivity index (χ1n) is 10.4. The first kappa shape index (κ1) is 21.5. The summed E-state index contributed by atoms with van der Waals surface area (Å²) in [5.41, 5.74) is 6.24. The Balaban J connectivity index is 1.84. The Hall–Kier alpha value is -3.70. The summed E-state index contributed by atoms with van der Waals surface area (Å²) in [5, 5.41) is 0.00168. The fraction of sp³-hybridized carbons (Fsp3) is 0.292. The number of hydrogen-bond acceptors (Lipinski definition) is 6. The van der Waals surface area contributed by atoms with Crippen LogP contribution in [0.4, 0.5) is 10.2 Å². The van der Waals surface area contributed by atoms with Gasteiger partial charge in [-0.2, -0.15) is 0 Å². The number of aromatic nitrogens is 2. The number of benzene rings is 1. The van der Waals surface area contributed by atoms with Gasteiger partial charge in [0.25, 0.3) is 0 Å². The molecule has 4 rings (SSSR count). The molecule has 0 amide bonds. The average molecular weight is 434 g/mol. The zero-order chi connectivity index (χ0) is 22.7. The zero-order valence-electron chi connectivity index (χ0n) is 17.7. The molecule has 1 aliphatic rings. The van der Waals surface area contributed by atoms with Crippen molar-refractivity contribution in [3.63, 3.8) is 0 Å². The predicted octanol–water partition coefficient (Wildman–Crippen LogP) is 2.30. The molecule has 1 aliphatic heterocycles. The molecule has 1 atom stereocenters. The van der Waals surface area contributed by atoms with Crippen molar-refractivity contribution in [2.75, 3.05) is 24.6 Å². The molecule has 0 aliphatic carbocycles. The van der Waals surface area contributed by atoms with E-state index in [-0.39, 0.29) is 41.6 Å². The minimum atomic E-state index is -0.765. The number of nitrogens with two attached hydrogens (primary N) is 1. The summed E-state index contributed by atoms with van der Waals surface area (Å²) in [7, 11) is 0. The number of fused-ring (bicyclic) bond motifs is 1. The molecule has 8 heteroatoms. The number of pyridine rings is 2. The molecule has 0 bridgehead atoms.